The average Bonchev–Trinajstić information content (AvgIpc) is 2.81. The molecule has 0 bridgehead atoms. The van der Waals surface area contributed by atoms with Crippen molar-refractivity contribution >= 4 is 11.6 Å². The van der Waals surface area contributed by atoms with Crippen molar-refractivity contribution in [2.24, 2.45) is 11.7 Å². The van der Waals surface area contributed by atoms with Gasteiger partial charge in [-0.1, -0.05) is 6.92 Å². The summed E-state index contributed by atoms with van der Waals surface area (Å²) >= 11 is 0. The number of nitrogens with zero attached hydrogens (tertiary/aromatic N) is 4. The van der Waals surface area contributed by atoms with Crippen LogP contribution in [0.3, 0.4) is 0 Å². The zero-order valence-corrected chi connectivity index (χ0v) is 11.6. The minimum atomic E-state index is 0.354. The second kappa shape index (κ2) is 4.81. The fourth-order valence-electron chi connectivity index (χ4n) is 2.95. The van der Waals surface area contributed by atoms with Gasteiger partial charge in [-0.15, -0.1) is 5.10 Å². The van der Waals surface area contributed by atoms with E-state index < -0.39 is 0 Å². The minimum Gasteiger partial charge on any atom is -0.335 e. The summed E-state index contributed by atoms with van der Waals surface area (Å²) in [6.07, 6.45) is 4.39. The molecule has 2 atom stereocenters. The van der Waals surface area contributed by atoms with E-state index in [9.17, 15) is 0 Å². The molecule has 1 aliphatic heterocycles. The normalized spacial score (nSPS) is 24.1. The molecule has 3 heterocycles. The maximum Gasteiger partial charge on any atom is 0.245 e. The highest BCUT2D eigenvalue weighted by molar-refractivity contribution is 5.47. The van der Waals surface area contributed by atoms with Crippen LogP contribution in [0.1, 0.15) is 25.3 Å². The Morgan fingerprint density at radius 2 is 2.32 bits per heavy atom. The zero-order chi connectivity index (χ0) is 13.4. The Kier molecular flexibility index (Phi) is 3.14. The van der Waals surface area contributed by atoms with Crippen LogP contribution in [0.4, 0.5) is 5.95 Å². The highest BCUT2D eigenvalue weighted by atomic mass is 15.4. The fourth-order valence-corrected chi connectivity index (χ4v) is 2.95. The summed E-state index contributed by atoms with van der Waals surface area (Å²) < 4.78 is 1.84. The molecule has 19 heavy (non-hydrogen) atoms. The lowest BCUT2D eigenvalue weighted by molar-refractivity contribution is 0.346. The van der Waals surface area contributed by atoms with Crippen molar-refractivity contribution in [1.82, 2.24) is 14.6 Å². The smallest absolute Gasteiger partial charge is 0.245 e. The summed E-state index contributed by atoms with van der Waals surface area (Å²) in [5.41, 5.74) is 8.04. The fraction of sp³-hybridized carbons (Fsp3) is 0.571. The summed E-state index contributed by atoms with van der Waals surface area (Å²) in [7, 11) is 0. The Bertz CT molecular complexity index is 576. The van der Waals surface area contributed by atoms with E-state index in [2.05, 4.69) is 34.9 Å². The van der Waals surface area contributed by atoms with Gasteiger partial charge in [0.25, 0.3) is 0 Å². The molecule has 5 nitrogen and oxygen atoms in total. The van der Waals surface area contributed by atoms with E-state index in [1.165, 1.54) is 18.4 Å². The number of rotatable bonds is 2. The number of hydrogen-bond donors (Lipinski definition) is 1. The number of fused-ring (bicyclic) bond motifs is 1. The van der Waals surface area contributed by atoms with Gasteiger partial charge < -0.3 is 10.6 Å². The summed E-state index contributed by atoms with van der Waals surface area (Å²) in [5.74, 6) is 1.42. The van der Waals surface area contributed by atoms with Gasteiger partial charge in [0.1, 0.15) is 0 Å². The van der Waals surface area contributed by atoms with Gasteiger partial charge in [0, 0.05) is 25.3 Å². The highest BCUT2D eigenvalue weighted by Gasteiger charge is 2.29. The molecule has 0 radical (unpaired) electrons. The lowest BCUT2D eigenvalue weighted by Gasteiger charge is -2.38. The molecule has 0 aromatic carbocycles. The van der Waals surface area contributed by atoms with Crippen LogP contribution in [0, 0.1) is 12.8 Å². The molecule has 1 aliphatic rings. The standard InChI is InChI=1S/C14H21N5/c1-10-5-7-19-13(8-10)16-14(17-19)18-6-3-4-11(2)12(18)9-15/h5,7-8,11-12H,3-4,6,9,15H2,1-2H3. The molecule has 102 valence electrons. The van der Waals surface area contributed by atoms with Gasteiger partial charge in [-0.25, -0.2) is 4.52 Å². The minimum absolute atomic E-state index is 0.354. The quantitative estimate of drug-likeness (QED) is 0.890. The van der Waals surface area contributed by atoms with Crippen LogP contribution in [0.5, 0.6) is 0 Å². The summed E-state index contributed by atoms with van der Waals surface area (Å²) in [4.78, 5) is 6.93. The third-order valence-corrected chi connectivity index (χ3v) is 4.10. The van der Waals surface area contributed by atoms with Crippen molar-refractivity contribution in [2.75, 3.05) is 18.0 Å². The SMILES string of the molecule is Cc1ccn2nc(N3CCCC(C)C3CN)nc2c1. The van der Waals surface area contributed by atoms with Crippen LogP contribution >= 0.6 is 0 Å². The molecule has 0 aliphatic carbocycles. The largest absolute Gasteiger partial charge is 0.335 e. The first kappa shape index (κ1) is 12.4. The van der Waals surface area contributed by atoms with Crippen LogP contribution in [-0.2, 0) is 0 Å². The molecule has 5 heteroatoms. The molecule has 2 N–H and O–H groups in total. The van der Waals surface area contributed by atoms with Crippen LogP contribution < -0.4 is 10.6 Å². The third kappa shape index (κ3) is 2.18. The number of nitrogens with two attached hydrogens (primary N) is 1. The second-order valence-corrected chi connectivity index (χ2v) is 5.53. The van der Waals surface area contributed by atoms with Crippen molar-refractivity contribution in [2.45, 2.75) is 32.7 Å². The van der Waals surface area contributed by atoms with Crippen LogP contribution in [0.25, 0.3) is 5.65 Å². The molecule has 3 rings (SSSR count). The molecule has 0 spiro atoms. The van der Waals surface area contributed by atoms with E-state index in [-0.39, 0.29) is 0 Å². The van der Waals surface area contributed by atoms with Crippen molar-refractivity contribution in [3.63, 3.8) is 0 Å². The summed E-state index contributed by atoms with van der Waals surface area (Å²) in [5, 5.41) is 4.59. The second-order valence-electron chi connectivity index (χ2n) is 5.53. The number of hydrogen-bond acceptors (Lipinski definition) is 4. The Labute approximate surface area is 113 Å². The first-order chi connectivity index (χ1) is 9.19. The number of piperidine rings is 1. The maximum absolute atomic E-state index is 5.94. The van der Waals surface area contributed by atoms with E-state index >= 15 is 0 Å². The van der Waals surface area contributed by atoms with Crippen LogP contribution in [0.2, 0.25) is 0 Å². The van der Waals surface area contributed by atoms with Gasteiger partial charge >= 0.3 is 0 Å². The van der Waals surface area contributed by atoms with Crippen molar-refractivity contribution in [3.8, 4) is 0 Å². The van der Waals surface area contributed by atoms with Gasteiger partial charge in [0.2, 0.25) is 5.95 Å². The number of aromatic nitrogens is 3. The number of anilines is 1. The molecule has 2 unspecified atom stereocenters. The number of pyridine rings is 1. The van der Waals surface area contributed by atoms with Crippen LogP contribution in [-0.4, -0.2) is 33.7 Å². The lowest BCUT2D eigenvalue weighted by Crippen LogP contribution is -2.49. The third-order valence-electron chi connectivity index (χ3n) is 4.10. The molecule has 2 aromatic heterocycles. The van der Waals surface area contributed by atoms with Crippen molar-refractivity contribution in [1.29, 1.82) is 0 Å². The number of aryl methyl sites for hydroxylation is 1. The maximum atomic E-state index is 5.94. The molecule has 1 saturated heterocycles. The van der Waals surface area contributed by atoms with E-state index in [1.807, 2.05) is 16.8 Å². The van der Waals surface area contributed by atoms with Crippen molar-refractivity contribution < 1.29 is 0 Å². The van der Waals surface area contributed by atoms with E-state index in [4.69, 9.17) is 5.73 Å². The first-order valence-corrected chi connectivity index (χ1v) is 6.99. The lowest BCUT2D eigenvalue weighted by atomic mass is 9.91. The zero-order valence-electron chi connectivity index (χ0n) is 11.6. The summed E-state index contributed by atoms with van der Waals surface area (Å²) in [6.45, 7) is 6.00. The predicted molar refractivity (Wildman–Crippen MR) is 76.3 cm³/mol. The van der Waals surface area contributed by atoms with E-state index in [0.29, 0.717) is 18.5 Å². The van der Waals surface area contributed by atoms with E-state index in [1.54, 1.807) is 0 Å². The highest BCUT2D eigenvalue weighted by Crippen LogP contribution is 2.26. The molecular formula is C14H21N5. The molecule has 1 fully saturated rings. The predicted octanol–water partition coefficient (Wildman–Crippen LogP) is 1.60. The molecule has 2 aromatic rings. The van der Waals surface area contributed by atoms with Gasteiger partial charge in [0.05, 0.1) is 0 Å². The van der Waals surface area contributed by atoms with Crippen LogP contribution in [0.15, 0.2) is 18.3 Å². The first-order valence-electron chi connectivity index (χ1n) is 6.99. The molecule has 0 saturated carbocycles. The van der Waals surface area contributed by atoms with Crippen molar-refractivity contribution in [3.05, 3.63) is 23.9 Å². The Balaban J connectivity index is 1.98. The molecule has 0 amide bonds. The van der Waals surface area contributed by atoms with Gasteiger partial charge in [-0.3, -0.25) is 0 Å². The summed E-state index contributed by atoms with van der Waals surface area (Å²) in [6, 6.07) is 4.46. The topological polar surface area (TPSA) is 59.5 Å². The monoisotopic (exact) mass is 259 g/mol. The van der Waals surface area contributed by atoms with Gasteiger partial charge in [-0.05, 0) is 43.4 Å². The average molecular weight is 259 g/mol. The Hall–Kier alpha value is -1.62. The Morgan fingerprint density at radius 3 is 3.11 bits per heavy atom. The van der Waals surface area contributed by atoms with Gasteiger partial charge in [-0.2, -0.15) is 4.98 Å². The Morgan fingerprint density at radius 1 is 1.47 bits per heavy atom. The van der Waals surface area contributed by atoms with Gasteiger partial charge in [0.15, 0.2) is 5.65 Å². The molecular weight excluding hydrogens is 238 g/mol. The van der Waals surface area contributed by atoms with E-state index in [0.717, 1.165) is 18.1 Å².